The van der Waals surface area contributed by atoms with Gasteiger partial charge in [0.15, 0.2) is 5.82 Å². The maximum absolute atomic E-state index is 14.6. The molecule has 3 aromatic rings. The quantitative estimate of drug-likeness (QED) is 0.509. The molecular weight excluding hydrogens is 440 g/mol. The average Bonchev–Trinajstić information content (AvgIpc) is 3.53. The molecule has 7 nitrogen and oxygen atoms in total. The number of rotatable bonds is 8. The van der Waals surface area contributed by atoms with Gasteiger partial charge in [-0.3, -0.25) is 19.4 Å². The summed E-state index contributed by atoms with van der Waals surface area (Å²) in [5.41, 5.74) is 2.07. The topological polar surface area (TPSA) is 72.3 Å². The second-order valence-electron chi connectivity index (χ2n) is 8.69. The first-order valence-electron chi connectivity index (χ1n) is 11.2. The molecule has 3 heterocycles. The van der Waals surface area contributed by atoms with Crippen molar-refractivity contribution in [3.8, 4) is 11.3 Å². The summed E-state index contributed by atoms with van der Waals surface area (Å²) in [6, 6.07) is 6.87. The van der Waals surface area contributed by atoms with Crippen LogP contribution in [0.25, 0.3) is 17.3 Å². The molecule has 0 spiro atoms. The van der Waals surface area contributed by atoms with E-state index in [1.165, 1.54) is 24.4 Å². The van der Waals surface area contributed by atoms with Gasteiger partial charge < -0.3 is 10.1 Å². The van der Waals surface area contributed by atoms with Crippen LogP contribution in [0.2, 0.25) is 0 Å². The third-order valence-corrected chi connectivity index (χ3v) is 6.08. The van der Waals surface area contributed by atoms with Crippen molar-refractivity contribution in [3.05, 3.63) is 71.7 Å². The lowest BCUT2D eigenvalue weighted by molar-refractivity contribution is -0.111. The van der Waals surface area contributed by atoms with Gasteiger partial charge in [-0.25, -0.2) is 8.78 Å². The molecule has 2 aromatic heterocycles. The van der Waals surface area contributed by atoms with Crippen LogP contribution in [0, 0.1) is 11.6 Å². The zero-order valence-corrected chi connectivity index (χ0v) is 18.7. The Labute approximate surface area is 196 Å². The molecule has 1 aliphatic heterocycles. The van der Waals surface area contributed by atoms with Gasteiger partial charge in [0.05, 0.1) is 29.7 Å². The Morgan fingerprint density at radius 3 is 2.76 bits per heavy atom. The van der Waals surface area contributed by atoms with Crippen molar-refractivity contribution in [2.75, 3.05) is 25.5 Å². The molecule has 0 radical (unpaired) electrons. The fraction of sp³-hybridized carbons (Fsp3) is 0.320. The Kier molecular flexibility index (Phi) is 6.21. The molecule has 1 aliphatic carbocycles. The normalized spacial score (nSPS) is 16.7. The highest BCUT2D eigenvalue weighted by molar-refractivity contribution is 6.02. The van der Waals surface area contributed by atoms with Gasteiger partial charge in [-0.15, -0.1) is 0 Å². The molecule has 1 saturated carbocycles. The van der Waals surface area contributed by atoms with Crippen molar-refractivity contribution < 1.29 is 18.3 Å². The van der Waals surface area contributed by atoms with Crippen LogP contribution in [0.15, 0.2) is 48.9 Å². The lowest BCUT2D eigenvalue weighted by Crippen LogP contribution is -2.50. The number of likely N-dealkylation sites (tertiary alicyclic amines) is 1. The number of pyridine rings is 1. The number of carbonyl (C=O) groups is 1. The van der Waals surface area contributed by atoms with Crippen molar-refractivity contribution in [2.45, 2.75) is 31.5 Å². The smallest absolute Gasteiger partial charge is 0.248 e. The zero-order valence-electron chi connectivity index (χ0n) is 18.7. The number of carbonyl (C=O) groups excluding carboxylic acids is 1. The Morgan fingerprint density at radius 1 is 1.21 bits per heavy atom. The standard InChI is InChI=1S/C25H25F2N5O2/c1-34-19-14-31(15-19)13-16-2-6-22(20(26)10-16)29-24(33)7-3-17-11-28-12-21(27)25(17)23-8-9-32(30-23)18-4-5-18/h2-3,6-12,18-19H,4-5,13-15H2,1H3,(H,29,33). The number of benzene rings is 1. The number of anilines is 1. The van der Waals surface area contributed by atoms with Gasteiger partial charge in [0, 0.05) is 56.3 Å². The second kappa shape index (κ2) is 9.44. The molecule has 0 bridgehead atoms. The van der Waals surface area contributed by atoms with Gasteiger partial charge >= 0.3 is 0 Å². The zero-order chi connectivity index (χ0) is 23.7. The van der Waals surface area contributed by atoms with Crippen molar-refractivity contribution in [1.82, 2.24) is 19.7 Å². The van der Waals surface area contributed by atoms with E-state index in [9.17, 15) is 13.6 Å². The van der Waals surface area contributed by atoms with Crippen molar-refractivity contribution >= 4 is 17.7 Å². The number of halogens is 2. The highest BCUT2D eigenvalue weighted by atomic mass is 19.1. The molecule has 0 unspecified atom stereocenters. The van der Waals surface area contributed by atoms with Gasteiger partial charge in [0.2, 0.25) is 5.91 Å². The van der Waals surface area contributed by atoms with Crippen molar-refractivity contribution in [2.24, 2.45) is 0 Å². The van der Waals surface area contributed by atoms with Crippen LogP contribution in [0.4, 0.5) is 14.5 Å². The SMILES string of the molecule is COC1CN(Cc2ccc(NC(=O)C=Cc3cncc(F)c3-c3ccn(C4CC4)n3)c(F)c2)C1. The minimum absolute atomic E-state index is 0.0811. The van der Waals surface area contributed by atoms with E-state index >= 15 is 0 Å². The van der Waals surface area contributed by atoms with E-state index < -0.39 is 17.5 Å². The first-order chi connectivity index (χ1) is 16.5. The van der Waals surface area contributed by atoms with Crippen LogP contribution in [0.1, 0.15) is 30.0 Å². The Bertz CT molecular complexity index is 1230. The van der Waals surface area contributed by atoms with Gasteiger partial charge in [0.1, 0.15) is 5.82 Å². The summed E-state index contributed by atoms with van der Waals surface area (Å²) in [5, 5.41) is 7.01. The van der Waals surface area contributed by atoms with E-state index in [-0.39, 0.29) is 17.4 Å². The summed E-state index contributed by atoms with van der Waals surface area (Å²) in [5.74, 6) is -1.57. The van der Waals surface area contributed by atoms with Crippen LogP contribution in [0.3, 0.4) is 0 Å². The number of nitrogens with zero attached hydrogens (tertiary/aromatic N) is 4. The van der Waals surface area contributed by atoms with Gasteiger partial charge in [-0.05, 0) is 42.7 Å². The predicted octanol–water partition coefficient (Wildman–Crippen LogP) is 4.04. The fourth-order valence-electron chi connectivity index (χ4n) is 4.02. The van der Waals surface area contributed by atoms with Gasteiger partial charge in [-0.2, -0.15) is 5.10 Å². The third kappa shape index (κ3) is 4.90. The van der Waals surface area contributed by atoms with E-state index in [4.69, 9.17) is 4.74 Å². The molecule has 176 valence electrons. The van der Waals surface area contributed by atoms with E-state index in [0.29, 0.717) is 23.8 Å². The molecule has 2 fully saturated rings. The molecule has 1 N–H and O–H groups in total. The Balaban J connectivity index is 1.25. The summed E-state index contributed by atoms with van der Waals surface area (Å²) in [6.07, 6.45) is 9.48. The van der Waals surface area contributed by atoms with Crippen molar-refractivity contribution in [3.63, 3.8) is 0 Å². The Hall–Kier alpha value is -3.43. The third-order valence-electron chi connectivity index (χ3n) is 6.08. The monoisotopic (exact) mass is 465 g/mol. The summed E-state index contributed by atoms with van der Waals surface area (Å²) in [7, 11) is 1.68. The largest absolute Gasteiger partial charge is 0.379 e. The second-order valence-corrected chi connectivity index (χ2v) is 8.69. The molecule has 0 atom stereocenters. The molecular formula is C25H25F2N5O2. The molecule has 1 amide bonds. The summed E-state index contributed by atoms with van der Waals surface area (Å²) in [6.45, 7) is 2.26. The molecule has 9 heteroatoms. The fourth-order valence-corrected chi connectivity index (χ4v) is 4.02. The van der Waals surface area contributed by atoms with Crippen LogP contribution >= 0.6 is 0 Å². The maximum atomic E-state index is 14.6. The number of hydrogen-bond acceptors (Lipinski definition) is 5. The minimum atomic E-state index is -0.531. The highest BCUT2D eigenvalue weighted by Crippen LogP contribution is 2.35. The average molecular weight is 466 g/mol. The Morgan fingerprint density at radius 2 is 2.03 bits per heavy atom. The predicted molar refractivity (Wildman–Crippen MR) is 124 cm³/mol. The highest BCUT2D eigenvalue weighted by Gasteiger charge is 2.26. The number of methoxy groups -OCH3 is 1. The van der Waals surface area contributed by atoms with E-state index in [2.05, 4.69) is 20.3 Å². The lowest BCUT2D eigenvalue weighted by atomic mass is 10.1. The van der Waals surface area contributed by atoms with Crippen LogP contribution in [-0.2, 0) is 16.1 Å². The summed E-state index contributed by atoms with van der Waals surface area (Å²) in [4.78, 5) is 18.5. The number of aromatic nitrogens is 3. The lowest BCUT2D eigenvalue weighted by Gasteiger charge is -2.38. The van der Waals surface area contributed by atoms with Crippen LogP contribution < -0.4 is 5.32 Å². The molecule has 5 rings (SSSR count). The number of amides is 1. The van der Waals surface area contributed by atoms with E-state index in [1.54, 1.807) is 25.3 Å². The number of hydrogen-bond donors (Lipinski definition) is 1. The minimum Gasteiger partial charge on any atom is -0.379 e. The molecule has 1 saturated heterocycles. The number of nitrogens with one attached hydrogen (secondary N) is 1. The van der Waals surface area contributed by atoms with Crippen molar-refractivity contribution in [1.29, 1.82) is 0 Å². The summed E-state index contributed by atoms with van der Waals surface area (Å²) >= 11 is 0. The van der Waals surface area contributed by atoms with E-state index in [0.717, 1.165) is 37.7 Å². The maximum Gasteiger partial charge on any atom is 0.248 e. The van der Waals surface area contributed by atoms with Gasteiger partial charge in [0.25, 0.3) is 0 Å². The summed E-state index contributed by atoms with van der Waals surface area (Å²) < 4.78 is 36.2. The van der Waals surface area contributed by atoms with Gasteiger partial charge in [-0.1, -0.05) is 6.07 Å². The molecule has 34 heavy (non-hydrogen) atoms. The molecule has 1 aromatic carbocycles. The number of ether oxygens (including phenoxy) is 1. The van der Waals surface area contributed by atoms with E-state index in [1.807, 2.05) is 10.9 Å². The first kappa shape index (κ1) is 22.4. The molecule has 2 aliphatic rings. The van der Waals surface area contributed by atoms with Crippen LogP contribution in [-0.4, -0.2) is 51.9 Å². The first-order valence-corrected chi connectivity index (χ1v) is 11.2. The van der Waals surface area contributed by atoms with Crippen LogP contribution in [0.5, 0.6) is 0 Å².